The highest BCUT2D eigenvalue weighted by Gasteiger charge is 2.17. The van der Waals surface area contributed by atoms with Crippen molar-refractivity contribution in [2.45, 2.75) is 11.9 Å². The highest BCUT2D eigenvalue weighted by atomic mass is 32.2. The maximum absolute atomic E-state index is 12.4. The van der Waals surface area contributed by atoms with Crippen LogP contribution in [0.3, 0.4) is 0 Å². The van der Waals surface area contributed by atoms with Crippen molar-refractivity contribution in [1.29, 1.82) is 0 Å². The summed E-state index contributed by atoms with van der Waals surface area (Å²) in [4.78, 5) is 12.4. The molecular formula is C23H22O3S. The van der Waals surface area contributed by atoms with E-state index in [9.17, 15) is 4.79 Å². The van der Waals surface area contributed by atoms with Gasteiger partial charge in [-0.15, -0.1) is 0 Å². The molecule has 138 valence electrons. The molecule has 0 spiro atoms. The maximum Gasteiger partial charge on any atom is 0.338 e. The molecule has 0 aliphatic carbocycles. The van der Waals surface area contributed by atoms with Crippen LogP contribution in [0.2, 0.25) is 0 Å². The summed E-state index contributed by atoms with van der Waals surface area (Å²) in [5.41, 5.74) is 1.80. The third-order valence-electron chi connectivity index (χ3n) is 3.88. The Morgan fingerprint density at radius 1 is 0.815 bits per heavy atom. The van der Waals surface area contributed by atoms with Gasteiger partial charge >= 0.3 is 5.97 Å². The summed E-state index contributed by atoms with van der Waals surface area (Å²) >= 11 is 1.73. The second-order valence-corrected chi connectivity index (χ2v) is 7.05. The minimum absolute atomic E-state index is 0.322. The molecule has 0 radical (unpaired) electrons. The molecule has 0 N–H and O–H groups in total. The predicted octanol–water partition coefficient (Wildman–Crippen LogP) is 5.22. The summed E-state index contributed by atoms with van der Waals surface area (Å²) in [5, 5.41) is 0. The number of benzene rings is 3. The van der Waals surface area contributed by atoms with Gasteiger partial charge in [-0.3, -0.25) is 0 Å². The number of thioether (sulfide) groups is 1. The van der Waals surface area contributed by atoms with E-state index in [1.54, 1.807) is 23.9 Å². The van der Waals surface area contributed by atoms with Crippen LogP contribution in [0.5, 0.6) is 5.75 Å². The van der Waals surface area contributed by atoms with Crippen molar-refractivity contribution in [2.24, 2.45) is 0 Å². The number of para-hydroxylation sites is 1. The normalized spacial score (nSPS) is 11.6. The molecule has 3 nitrogen and oxygen atoms in total. The van der Waals surface area contributed by atoms with Crippen molar-refractivity contribution in [1.82, 2.24) is 0 Å². The Morgan fingerprint density at radius 3 is 2.07 bits per heavy atom. The highest BCUT2D eigenvalue weighted by molar-refractivity contribution is 7.98. The van der Waals surface area contributed by atoms with E-state index in [1.807, 2.05) is 66.7 Å². The third kappa shape index (κ3) is 6.50. The van der Waals surface area contributed by atoms with Gasteiger partial charge in [-0.05, 0) is 29.8 Å². The van der Waals surface area contributed by atoms with Gasteiger partial charge in [0.25, 0.3) is 0 Å². The predicted molar refractivity (Wildman–Crippen MR) is 110 cm³/mol. The zero-order valence-corrected chi connectivity index (χ0v) is 15.8. The Balaban J connectivity index is 1.57. The van der Waals surface area contributed by atoms with Gasteiger partial charge in [0.1, 0.15) is 18.5 Å². The topological polar surface area (TPSA) is 35.5 Å². The average Bonchev–Trinajstić information content (AvgIpc) is 2.74. The average molecular weight is 378 g/mol. The van der Waals surface area contributed by atoms with E-state index in [4.69, 9.17) is 9.47 Å². The van der Waals surface area contributed by atoms with Crippen molar-refractivity contribution >= 4 is 17.7 Å². The van der Waals surface area contributed by atoms with E-state index < -0.39 is 0 Å². The molecule has 0 saturated heterocycles. The highest BCUT2D eigenvalue weighted by Crippen LogP contribution is 2.17. The first kappa shape index (κ1) is 19.1. The van der Waals surface area contributed by atoms with Crippen LogP contribution < -0.4 is 4.74 Å². The second kappa shape index (κ2) is 10.4. The minimum Gasteiger partial charge on any atom is -0.490 e. The summed E-state index contributed by atoms with van der Waals surface area (Å²) in [6, 6.07) is 28.9. The van der Waals surface area contributed by atoms with Gasteiger partial charge in [0, 0.05) is 11.5 Å². The molecule has 0 bridgehead atoms. The molecule has 1 unspecified atom stereocenters. The monoisotopic (exact) mass is 378 g/mol. The Hall–Kier alpha value is -2.72. The van der Waals surface area contributed by atoms with Crippen LogP contribution in [-0.4, -0.2) is 24.4 Å². The smallest absolute Gasteiger partial charge is 0.338 e. The molecule has 27 heavy (non-hydrogen) atoms. The van der Waals surface area contributed by atoms with Gasteiger partial charge in [0.15, 0.2) is 0 Å². The molecule has 3 rings (SSSR count). The van der Waals surface area contributed by atoms with Crippen molar-refractivity contribution in [3.63, 3.8) is 0 Å². The zero-order chi connectivity index (χ0) is 18.7. The van der Waals surface area contributed by atoms with Crippen LogP contribution in [-0.2, 0) is 10.5 Å². The molecular weight excluding hydrogens is 356 g/mol. The molecule has 1 atom stereocenters. The van der Waals surface area contributed by atoms with Gasteiger partial charge in [-0.25, -0.2) is 4.79 Å². The van der Waals surface area contributed by atoms with Crippen LogP contribution in [0.4, 0.5) is 0 Å². The third-order valence-corrected chi connectivity index (χ3v) is 5.02. The number of ether oxygens (including phenoxy) is 2. The van der Waals surface area contributed by atoms with Crippen molar-refractivity contribution in [2.75, 3.05) is 12.4 Å². The van der Waals surface area contributed by atoms with Crippen LogP contribution >= 0.6 is 11.8 Å². The van der Waals surface area contributed by atoms with E-state index >= 15 is 0 Å². The lowest BCUT2D eigenvalue weighted by atomic mass is 10.2. The van der Waals surface area contributed by atoms with E-state index in [2.05, 4.69) is 12.1 Å². The number of rotatable bonds is 9. The van der Waals surface area contributed by atoms with Gasteiger partial charge < -0.3 is 9.47 Å². The Labute approximate surface area is 164 Å². The molecule has 0 fully saturated rings. The Bertz CT molecular complexity index is 807. The van der Waals surface area contributed by atoms with Crippen LogP contribution in [0.1, 0.15) is 15.9 Å². The number of hydrogen-bond donors (Lipinski definition) is 0. The largest absolute Gasteiger partial charge is 0.490 e. The van der Waals surface area contributed by atoms with E-state index in [-0.39, 0.29) is 12.1 Å². The van der Waals surface area contributed by atoms with Crippen molar-refractivity contribution < 1.29 is 14.3 Å². The van der Waals surface area contributed by atoms with Crippen molar-refractivity contribution in [3.8, 4) is 5.75 Å². The van der Waals surface area contributed by atoms with E-state index in [0.717, 1.165) is 11.5 Å². The van der Waals surface area contributed by atoms with Crippen LogP contribution in [0, 0.1) is 0 Å². The molecule has 0 aliphatic rings. The Morgan fingerprint density at radius 2 is 1.41 bits per heavy atom. The van der Waals surface area contributed by atoms with E-state index in [1.165, 1.54) is 5.56 Å². The number of carbonyl (C=O) groups excluding carboxylic acids is 1. The first-order valence-electron chi connectivity index (χ1n) is 8.87. The van der Waals surface area contributed by atoms with Crippen LogP contribution in [0.15, 0.2) is 91.0 Å². The molecule has 4 heteroatoms. The molecule has 0 aromatic heterocycles. The fourth-order valence-electron chi connectivity index (χ4n) is 2.50. The second-order valence-electron chi connectivity index (χ2n) is 6.02. The maximum atomic E-state index is 12.4. The van der Waals surface area contributed by atoms with Crippen molar-refractivity contribution in [3.05, 3.63) is 102 Å². The number of carbonyl (C=O) groups is 1. The number of hydrogen-bond acceptors (Lipinski definition) is 4. The fourth-order valence-corrected chi connectivity index (χ4v) is 3.47. The quantitative estimate of drug-likeness (QED) is 0.478. The first-order valence-corrected chi connectivity index (χ1v) is 10.0. The van der Waals surface area contributed by atoms with Gasteiger partial charge in [-0.1, -0.05) is 66.7 Å². The molecule has 3 aromatic carbocycles. The molecule has 3 aromatic rings. The summed E-state index contributed by atoms with van der Waals surface area (Å²) < 4.78 is 11.5. The van der Waals surface area contributed by atoms with Crippen LogP contribution in [0.25, 0.3) is 0 Å². The minimum atomic E-state index is -0.327. The molecule has 0 amide bonds. The summed E-state index contributed by atoms with van der Waals surface area (Å²) in [5.74, 6) is 1.98. The summed E-state index contributed by atoms with van der Waals surface area (Å²) in [6.45, 7) is 0.324. The summed E-state index contributed by atoms with van der Waals surface area (Å²) in [6.07, 6.45) is -0.327. The van der Waals surface area contributed by atoms with Gasteiger partial charge in [0.2, 0.25) is 0 Å². The molecule has 0 saturated carbocycles. The van der Waals surface area contributed by atoms with E-state index in [0.29, 0.717) is 17.9 Å². The lowest BCUT2D eigenvalue weighted by Crippen LogP contribution is -2.27. The fraction of sp³-hybridized carbons (Fsp3) is 0.174. The SMILES string of the molecule is O=C(OC(COc1ccccc1)CSCc1ccccc1)c1ccccc1. The summed E-state index contributed by atoms with van der Waals surface area (Å²) in [7, 11) is 0. The standard InChI is InChI=1S/C23H22O3S/c24-23(20-12-6-2-7-13-20)26-22(16-25-21-14-8-3-9-15-21)18-27-17-19-10-4-1-5-11-19/h1-15,22H,16-18H2. The number of esters is 1. The lowest BCUT2D eigenvalue weighted by molar-refractivity contribution is 0.0241. The first-order chi connectivity index (χ1) is 13.3. The van der Waals surface area contributed by atoms with Gasteiger partial charge in [0.05, 0.1) is 5.56 Å². The van der Waals surface area contributed by atoms with Gasteiger partial charge in [-0.2, -0.15) is 11.8 Å². The zero-order valence-electron chi connectivity index (χ0n) is 15.0. The molecule has 0 aliphatic heterocycles. The Kier molecular flexibility index (Phi) is 7.36. The molecule has 0 heterocycles. The lowest BCUT2D eigenvalue weighted by Gasteiger charge is -2.18.